The van der Waals surface area contributed by atoms with Gasteiger partial charge in [-0.15, -0.1) is 0 Å². The Morgan fingerprint density at radius 2 is 1.94 bits per heavy atom. The van der Waals surface area contributed by atoms with Gasteiger partial charge in [-0.05, 0) is 55.7 Å². The summed E-state index contributed by atoms with van der Waals surface area (Å²) >= 11 is 0. The van der Waals surface area contributed by atoms with E-state index in [4.69, 9.17) is 4.98 Å². The molecule has 0 aromatic carbocycles. The summed E-state index contributed by atoms with van der Waals surface area (Å²) in [7, 11) is 0. The Morgan fingerprint density at radius 1 is 1.12 bits per heavy atom. The third-order valence-corrected chi connectivity index (χ3v) is 7.04. The van der Waals surface area contributed by atoms with E-state index in [1.807, 2.05) is 12.4 Å². The van der Waals surface area contributed by atoms with E-state index in [2.05, 4.69) is 52.0 Å². The Hall–Kier alpha value is -3.07. The molecule has 0 radical (unpaired) electrons. The second kappa shape index (κ2) is 8.61. The molecule has 34 heavy (non-hydrogen) atoms. The maximum atomic E-state index is 14.7. The van der Waals surface area contributed by atoms with E-state index < -0.39 is 11.8 Å². The van der Waals surface area contributed by atoms with Crippen molar-refractivity contribution in [1.82, 2.24) is 19.9 Å². The third-order valence-electron chi connectivity index (χ3n) is 7.04. The lowest BCUT2D eigenvalue weighted by Gasteiger charge is -2.40. The van der Waals surface area contributed by atoms with Crippen molar-refractivity contribution < 1.29 is 9.50 Å². The molecule has 2 aliphatic rings. The highest BCUT2D eigenvalue weighted by atomic mass is 19.1. The van der Waals surface area contributed by atoms with E-state index in [0.29, 0.717) is 42.5 Å². The molecule has 3 aromatic heterocycles. The lowest BCUT2D eigenvalue weighted by Crippen LogP contribution is -2.52. The zero-order chi connectivity index (χ0) is 24.0. The summed E-state index contributed by atoms with van der Waals surface area (Å²) in [6, 6.07) is 4.31. The van der Waals surface area contributed by atoms with E-state index in [1.165, 1.54) is 18.9 Å². The number of aromatic nitrogens is 4. The standard InChI is InChI=1S/C25H32FN7O/c1-15(2)18-12-29-23(33-10-6-16(33)3)19-13-28-22(11-17(18)19)30-21-5-8-27-24(31-21)32-9-7-20(34)25(4,26)14-32/h5,8,11-13,15-16,20,34H,6-7,9-10,14H2,1-4H3,(H,27,28,30,31)/t16?,20?,25-/m0/s1. The Balaban J connectivity index is 1.44. The van der Waals surface area contributed by atoms with Gasteiger partial charge in [0.15, 0.2) is 5.67 Å². The molecule has 180 valence electrons. The van der Waals surface area contributed by atoms with Crippen LogP contribution in [0.1, 0.15) is 52.0 Å². The van der Waals surface area contributed by atoms with Gasteiger partial charge in [0.25, 0.3) is 0 Å². The highest BCUT2D eigenvalue weighted by Gasteiger charge is 2.39. The van der Waals surface area contributed by atoms with Gasteiger partial charge in [0.1, 0.15) is 17.5 Å². The first kappa shape index (κ1) is 22.7. The monoisotopic (exact) mass is 465 g/mol. The first-order chi connectivity index (χ1) is 16.2. The Morgan fingerprint density at radius 3 is 2.62 bits per heavy atom. The minimum Gasteiger partial charge on any atom is -0.390 e. The molecule has 2 fully saturated rings. The predicted octanol–water partition coefficient (Wildman–Crippen LogP) is 4.18. The quantitative estimate of drug-likeness (QED) is 0.580. The van der Waals surface area contributed by atoms with Gasteiger partial charge in [-0.1, -0.05) is 13.8 Å². The van der Waals surface area contributed by atoms with Crippen molar-refractivity contribution in [3.63, 3.8) is 0 Å². The number of piperidine rings is 1. The number of nitrogens with zero attached hydrogens (tertiary/aromatic N) is 6. The fourth-order valence-electron chi connectivity index (χ4n) is 4.74. The van der Waals surface area contributed by atoms with Crippen molar-refractivity contribution in [2.24, 2.45) is 0 Å². The number of hydrogen-bond donors (Lipinski definition) is 2. The van der Waals surface area contributed by atoms with Crippen LogP contribution in [0, 0.1) is 0 Å². The normalized spacial score (nSPS) is 25.0. The van der Waals surface area contributed by atoms with Gasteiger partial charge in [0, 0.05) is 43.1 Å². The van der Waals surface area contributed by atoms with Gasteiger partial charge in [0.2, 0.25) is 5.95 Å². The zero-order valence-electron chi connectivity index (χ0n) is 20.2. The molecule has 0 amide bonds. The molecule has 2 N–H and O–H groups in total. The number of fused-ring (bicyclic) bond motifs is 1. The first-order valence-electron chi connectivity index (χ1n) is 12.0. The van der Waals surface area contributed by atoms with E-state index in [1.54, 1.807) is 17.2 Å². The second-order valence-electron chi connectivity index (χ2n) is 10.0. The number of anilines is 4. The van der Waals surface area contributed by atoms with Crippen LogP contribution in [0.15, 0.2) is 30.7 Å². The molecule has 3 aromatic rings. The molecular formula is C25H32FN7O. The minimum absolute atomic E-state index is 0.0499. The number of aliphatic hydroxyl groups excluding tert-OH is 1. The lowest BCUT2D eigenvalue weighted by molar-refractivity contribution is -0.00860. The molecule has 2 saturated heterocycles. The smallest absolute Gasteiger partial charge is 0.227 e. The molecule has 3 atom stereocenters. The van der Waals surface area contributed by atoms with Crippen molar-refractivity contribution in [3.8, 4) is 0 Å². The van der Waals surface area contributed by atoms with Crippen LogP contribution in [0.2, 0.25) is 0 Å². The first-order valence-corrected chi connectivity index (χ1v) is 12.0. The van der Waals surface area contributed by atoms with Crippen molar-refractivity contribution in [1.29, 1.82) is 0 Å². The highest BCUT2D eigenvalue weighted by molar-refractivity contribution is 5.96. The van der Waals surface area contributed by atoms with E-state index >= 15 is 0 Å². The molecule has 9 heteroatoms. The SMILES string of the molecule is CC(C)c1cnc(N2CCC2C)c2cnc(Nc3ccnc(N4CCC(O)[C@@](C)(F)C4)n3)cc12. The summed E-state index contributed by atoms with van der Waals surface area (Å²) in [4.78, 5) is 22.5. The van der Waals surface area contributed by atoms with E-state index in [9.17, 15) is 9.50 Å². The maximum Gasteiger partial charge on any atom is 0.227 e. The molecule has 2 unspecified atom stereocenters. The van der Waals surface area contributed by atoms with Crippen molar-refractivity contribution in [2.75, 3.05) is 34.8 Å². The summed E-state index contributed by atoms with van der Waals surface area (Å²) in [5.41, 5.74) is -0.521. The predicted molar refractivity (Wildman–Crippen MR) is 133 cm³/mol. The second-order valence-corrected chi connectivity index (χ2v) is 10.0. The number of hydrogen-bond acceptors (Lipinski definition) is 8. The summed E-state index contributed by atoms with van der Waals surface area (Å²) in [6.45, 7) is 9.54. The van der Waals surface area contributed by atoms with E-state index in [-0.39, 0.29) is 6.54 Å². The third kappa shape index (κ3) is 4.13. The number of alkyl halides is 1. The van der Waals surface area contributed by atoms with Crippen LogP contribution in [-0.2, 0) is 0 Å². The lowest BCUT2D eigenvalue weighted by atomic mass is 9.94. The van der Waals surface area contributed by atoms with Gasteiger partial charge in [-0.25, -0.2) is 19.3 Å². The highest BCUT2D eigenvalue weighted by Crippen LogP contribution is 2.36. The summed E-state index contributed by atoms with van der Waals surface area (Å²) in [5.74, 6) is 3.01. The maximum absolute atomic E-state index is 14.7. The van der Waals surface area contributed by atoms with Crippen molar-refractivity contribution in [3.05, 3.63) is 36.3 Å². The zero-order valence-corrected chi connectivity index (χ0v) is 20.2. The van der Waals surface area contributed by atoms with Crippen LogP contribution >= 0.6 is 0 Å². The van der Waals surface area contributed by atoms with Gasteiger partial charge < -0.3 is 20.2 Å². The van der Waals surface area contributed by atoms with Crippen LogP contribution in [0.5, 0.6) is 0 Å². The molecule has 0 spiro atoms. The van der Waals surface area contributed by atoms with Crippen LogP contribution in [-0.4, -0.2) is 62.5 Å². The number of aliphatic hydroxyl groups is 1. The molecule has 2 aliphatic heterocycles. The molecule has 0 saturated carbocycles. The van der Waals surface area contributed by atoms with Crippen molar-refractivity contribution >= 4 is 34.2 Å². The van der Waals surface area contributed by atoms with Crippen molar-refractivity contribution in [2.45, 2.75) is 64.3 Å². The average molecular weight is 466 g/mol. The van der Waals surface area contributed by atoms with Gasteiger partial charge >= 0.3 is 0 Å². The Labute approximate surface area is 199 Å². The molecule has 5 rings (SSSR count). The van der Waals surface area contributed by atoms with Crippen LogP contribution in [0.3, 0.4) is 0 Å². The fraction of sp³-hybridized carbons (Fsp3) is 0.520. The Kier molecular flexibility index (Phi) is 5.75. The molecule has 8 nitrogen and oxygen atoms in total. The number of pyridine rings is 2. The summed E-state index contributed by atoms with van der Waals surface area (Å²) < 4.78 is 14.7. The van der Waals surface area contributed by atoms with Gasteiger partial charge in [-0.2, -0.15) is 4.98 Å². The largest absolute Gasteiger partial charge is 0.390 e. The van der Waals surface area contributed by atoms with E-state index in [0.717, 1.165) is 23.1 Å². The summed E-state index contributed by atoms with van der Waals surface area (Å²) in [5, 5.41) is 15.4. The van der Waals surface area contributed by atoms with Gasteiger partial charge in [0.05, 0.1) is 12.6 Å². The average Bonchev–Trinajstić information content (AvgIpc) is 2.79. The Bertz CT molecular complexity index is 1200. The molecule has 5 heterocycles. The molecular weight excluding hydrogens is 433 g/mol. The molecule has 0 bridgehead atoms. The number of rotatable bonds is 5. The van der Waals surface area contributed by atoms with Gasteiger partial charge in [-0.3, -0.25) is 0 Å². The minimum atomic E-state index is -1.70. The number of nitrogens with one attached hydrogen (secondary N) is 1. The topological polar surface area (TPSA) is 90.3 Å². The number of halogens is 1. The molecule has 0 aliphatic carbocycles. The van der Waals surface area contributed by atoms with Crippen LogP contribution in [0.25, 0.3) is 10.8 Å². The summed E-state index contributed by atoms with van der Waals surface area (Å²) in [6.07, 6.45) is 6.07. The van der Waals surface area contributed by atoms with Crippen LogP contribution in [0.4, 0.5) is 27.8 Å². The van der Waals surface area contributed by atoms with Crippen LogP contribution < -0.4 is 15.1 Å². The fourth-order valence-corrected chi connectivity index (χ4v) is 4.74.